The molecule has 45 heavy (non-hydrogen) atoms. The molecule has 0 radical (unpaired) electrons. The van der Waals surface area contributed by atoms with Gasteiger partial charge in [-0.25, -0.2) is 9.97 Å². The van der Waals surface area contributed by atoms with E-state index in [1.807, 2.05) is 0 Å². The van der Waals surface area contributed by atoms with Gasteiger partial charge in [0.15, 0.2) is 5.82 Å². The second kappa shape index (κ2) is 9.74. The van der Waals surface area contributed by atoms with Crippen molar-refractivity contribution in [3.8, 4) is 28.3 Å². The first-order valence-corrected chi connectivity index (χ1v) is 16.2. The van der Waals surface area contributed by atoms with Crippen LogP contribution in [0.3, 0.4) is 0 Å². The summed E-state index contributed by atoms with van der Waals surface area (Å²) < 4.78 is 2.44. The van der Waals surface area contributed by atoms with Gasteiger partial charge in [0.1, 0.15) is 5.82 Å². The number of aromatic nitrogens is 3. The highest BCUT2D eigenvalue weighted by molar-refractivity contribution is 6.13. The van der Waals surface area contributed by atoms with Crippen molar-refractivity contribution in [3.05, 3.63) is 139 Å². The van der Waals surface area contributed by atoms with Crippen molar-refractivity contribution in [1.29, 1.82) is 0 Å². The lowest BCUT2D eigenvalue weighted by Gasteiger charge is -2.34. The van der Waals surface area contributed by atoms with Crippen LogP contribution in [-0.2, 0) is 5.41 Å². The van der Waals surface area contributed by atoms with E-state index in [0.29, 0.717) is 11.8 Å². The minimum absolute atomic E-state index is 0.0847. The fraction of sp³-hybridized carbons (Fsp3) is 0.190. The number of para-hydroxylation sites is 1. The third-order valence-electron chi connectivity index (χ3n) is 10.5. The number of hydrogen-bond donors (Lipinski definition) is 0. The molecule has 9 rings (SSSR count). The Bertz CT molecular complexity index is 2290. The molecule has 3 atom stereocenters. The molecule has 0 fully saturated rings. The second-order valence-electron chi connectivity index (χ2n) is 13.6. The number of nitrogens with zero attached hydrogens (tertiary/aromatic N) is 3. The summed E-state index contributed by atoms with van der Waals surface area (Å²) >= 11 is 0. The van der Waals surface area contributed by atoms with Crippen LogP contribution in [0.2, 0.25) is 0 Å². The summed E-state index contributed by atoms with van der Waals surface area (Å²) in [6.45, 7) is 7.19. The van der Waals surface area contributed by atoms with Gasteiger partial charge in [-0.15, -0.1) is 0 Å². The maximum Gasteiger partial charge on any atom is 0.161 e. The summed E-state index contributed by atoms with van der Waals surface area (Å²) in [5.74, 6) is 3.12. The number of allylic oxidation sites excluding steroid dienone is 2. The van der Waals surface area contributed by atoms with Gasteiger partial charge in [0.25, 0.3) is 0 Å². The fourth-order valence-electron chi connectivity index (χ4n) is 8.22. The summed E-state index contributed by atoms with van der Waals surface area (Å²) in [6.07, 6.45) is 5.99. The molecule has 0 aliphatic heterocycles. The molecule has 3 unspecified atom stereocenters. The molecule has 7 aromatic rings. The molecule has 0 saturated carbocycles. The van der Waals surface area contributed by atoms with Gasteiger partial charge in [0.05, 0.1) is 16.7 Å². The highest BCUT2D eigenvalue weighted by Crippen LogP contribution is 2.56. The fourth-order valence-corrected chi connectivity index (χ4v) is 8.22. The Labute approximate surface area is 263 Å². The van der Waals surface area contributed by atoms with Crippen molar-refractivity contribution in [1.82, 2.24) is 14.5 Å². The lowest BCUT2D eigenvalue weighted by molar-refractivity contribution is 0.271. The Morgan fingerprint density at radius 1 is 0.644 bits per heavy atom. The third kappa shape index (κ3) is 3.96. The normalized spacial score (nSPS) is 20.1. The van der Waals surface area contributed by atoms with Gasteiger partial charge in [-0.2, -0.15) is 0 Å². The van der Waals surface area contributed by atoms with Gasteiger partial charge in [-0.1, -0.05) is 130 Å². The van der Waals surface area contributed by atoms with E-state index < -0.39 is 0 Å². The number of benzene rings is 5. The maximum absolute atomic E-state index is 5.54. The van der Waals surface area contributed by atoms with Crippen molar-refractivity contribution in [3.63, 3.8) is 0 Å². The highest BCUT2D eigenvalue weighted by atomic mass is 15.1. The molecule has 2 heterocycles. The molecule has 5 aromatic carbocycles. The molecule has 0 amide bonds. The molecule has 2 aliphatic rings. The van der Waals surface area contributed by atoms with Crippen LogP contribution in [0.25, 0.3) is 60.9 Å². The Hall–Kier alpha value is -5.02. The lowest BCUT2D eigenvalue weighted by atomic mass is 9.69. The minimum atomic E-state index is -0.0847. The maximum atomic E-state index is 5.54. The van der Waals surface area contributed by atoms with Crippen molar-refractivity contribution in [2.24, 2.45) is 11.8 Å². The topological polar surface area (TPSA) is 30.7 Å². The number of rotatable bonds is 3. The van der Waals surface area contributed by atoms with Crippen LogP contribution < -0.4 is 0 Å². The second-order valence-corrected chi connectivity index (χ2v) is 13.6. The van der Waals surface area contributed by atoms with E-state index >= 15 is 0 Å². The summed E-state index contributed by atoms with van der Waals surface area (Å²) in [5.41, 5.74) is 8.21. The van der Waals surface area contributed by atoms with E-state index in [9.17, 15) is 0 Å². The molecule has 3 nitrogen and oxygen atoms in total. The first-order valence-electron chi connectivity index (χ1n) is 16.2. The molecular weight excluding hydrogens is 546 g/mol. The van der Waals surface area contributed by atoms with Crippen LogP contribution in [0.5, 0.6) is 0 Å². The summed E-state index contributed by atoms with van der Waals surface area (Å²) in [4.78, 5) is 11.0. The monoisotopic (exact) mass is 581 g/mol. The lowest BCUT2D eigenvalue weighted by Crippen LogP contribution is -2.29. The molecule has 0 saturated heterocycles. The van der Waals surface area contributed by atoms with Crippen LogP contribution >= 0.6 is 0 Å². The zero-order valence-electron chi connectivity index (χ0n) is 25.9. The van der Waals surface area contributed by atoms with Gasteiger partial charge < -0.3 is 0 Å². The van der Waals surface area contributed by atoms with E-state index in [4.69, 9.17) is 9.97 Å². The first-order chi connectivity index (χ1) is 22.0. The predicted molar refractivity (Wildman–Crippen MR) is 187 cm³/mol. The quantitative estimate of drug-likeness (QED) is 0.194. The number of fused-ring (bicyclic) bond motifs is 7. The van der Waals surface area contributed by atoms with E-state index in [0.717, 1.165) is 23.6 Å². The summed E-state index contributed by atoms with van der Waals surface area (Å²) in [7, 11) is 0. The van der Waals surface area contributed by atoms with Crippen molar-refractivity contribution >= 4 is 32.6 Å². The van der Waals surface area contributed by atoms with Crippen LogP contribution in [0.4, 0.5) is 0 Å². The van der Waals surface area contributed by atoms with Crippen molar-refractivity contribution in [2.45, 2.75) is 38.5 Å². The van der Waals surface area contributed by atoms with Gasteiger partial charge in [-0.05, 0) is 63.8 Å². The first kappa shape index (κ1) is 26.4. The van der Waals surface area contributed by atoms with E-state index in [1.54, 1.807) is 0 Å². The Balaban J connectivity index is 1.34. The minimum Gasteiger partial charge on any atom is -0.293 e. The molecule has 2 aliphatic carbocycles. The van der Waals surface area contributed by atoms with Crippen molar-refractivity contribution < 1.29 is 0 Å². The van der Waals surface area contributed by atoms with Gasteiger partial charge >= 0.3 is 0 Å². The SMILES string of the molecule is CC1C=CC2c3nc(-c4ccc(-c5ccccc5)cc4)nc(-n4c5ccccc5c5cc6ccccc6cc54)c3C(C)(C)C2C1. The average Bonchev–Trinajstić information content (AvgIpc) is 3.51. The molecule has 0 bridgehead atoms. The predicted octanol–water partition coefficient (Wildman–Crippen LogP) is 10.6. The zero-order chi connectivity index (χ0) is 30.3. The molecule has 2 aromatic heterocycles. The highest BCUT2D eigenvalue weighted by Gasteiger charge is 2.50. The summed E-state index contributed by atoms with van der Waals surface area (Å²) in [6, 6.07) is 41.5. The molecular formula is C42H35N3. The largest absolute Gasteiger partial charge is 0.293 e. The van der Waals surface area contributed by atoms with Crippen molar-refractivity contribution in [2.75, 3.05) is 0 Å². The third-order valence-corrected chi connectivity index (χ3v) is 10.5. The molecule has 0 spiro atoms. The molecule has 3 heteroatoms. The number of hydrogen-bond acceptors (Lipinski definition) is 2. The Morgan fingerprint density at radius 3 is 2.11 bits per heavy atom. The Kier molecular flexibility index (Phi) is 5.71. The van der Waals surface area contributed by atoms with E-state index in [1.165, 1.54) is 55.0 Å². The average molecular weight is 582 g/mol. The van der Waals surface area contributed by atoms with Crippen LogP contribution in [0.15, 0.2) is 127 Å². The zero-order valence-corrected chi connectivity index (χ0v) is 25.9. The molecule has 0 N–H and O–H groups in total. The summed E-state index contributed by atoms with van der Waals surface area (Å²) in [5, 5.41) is 5.00. The van der Waals surface area contributed by atoms with Gasteiger partial charge in [0, 0.05) is 27.8 Å². The van der Waals surface area contributed by atoms with Crippen LogP contribution in [0, 0.1) is 11.8 Å². The van der Waals surface area contributed by atoms with E-state index in [-0.39, 0.29) is 11.3 Å². The van der Waals surface area contributed by atoms with Gasteiger partial charge in [-0.3, -0.25) is 4.57 Å². The van der Waals surface area contributed by atoms with Crippen LogP contribution in [-0.4, -0.2) is 14.5 Å². The van der Waals surface area contributed by atoms with Crippen LogP contribution in [0.1, 0.15) is 44.4 Å². The van der Waals surface area contributed by atoms with Gasteiger partial charge in [0.2, 0.25) is 0 Å². The molecule has 218 valence electrons. The Morgan fingerprint density at radius 2 is 1.31 bits per heavy atom. The standard InChI is InChI=1S/C42H35N3/c1-26-17-22-33-35(23-26)42(2,3)38-39(33)43-40(29-20-18-28(19-21-29)27-11-5-4-6-12-27)44-41(38)45-36-16-10-9-15-32(36)34-24-30-13-7-8-14-31(30)25-37(34)45/h4-22,24-26,33,35H,23H2,1-3H3. The van der Waals surface area contributed by atoms with E-state index in [2.05, 4.69) is 153 Å². The smallest absolute Gasteiger partial charge is 0.161 e.